The van der Waals surface area contributed by atoms with Gasteiger partial charge in [-0.15, -0.1) is 0 Å². The molecule has 0 unspecified atom stereocenters. The van der Waals surface area contributed by atoms with Crippen molar-refractivity contribution in [3.8, 4) is 0 Å². The molecule has 188 valence electrons. The van der Waals surface area contributed by atoms with E-state index in [-0.39, 0.29) is 5.54 Å². The molecule has 2 aromatic carbocycles. The summed E-state index contributed by atoms with van der Waals surface area (Å²) in [5.74, 6) is 1.80. The van der Waals surface area contributed by atoms with Gasteiger partial charge in [-0.25, -0.2) is 0 Å². The van der Waals surface area contributed by atoms with Crippen LogP contribution in [0.1, 0.15) is 141 Å². The largest absolute Gasteiger partial charge is 0.374 e. The van der Waals surface area contributed by atoms with Gasteiger partial charge in [-0.1, -0.05) is 112 Å². The fourth-order valence-electron chi connectivity index (χ4n) is 4.77. The highest BCUT2D eigenvalue weighted by Gasteiger charge is 2.30. The average molecular weight is 463 g/mol. The maximum Gasteiger partial charge on any atom is 0.0725 e. The molecule has 2 heteroatoms. The molecule has 1 atom stereocenters. The van der Waals surface area contributed by atoms with E-state index in [0.29, 0.717) is 23.7 Å². The van der Waals surface area contributed by atoms with Gasteiger partial charge in [-0.05, 0) is 66.2 Å². The number of hydrogen-bond acceptors (Lipinski definition) is 2. The van der Waals surface area contributed by atoms with Crippen molar-refractivity contribution in [2.24, 2.45) is 4.99 Å². The van der Waals surface area contributed by atoms with Gasteiger partial charge in [-0.3, -0.25) is 4.99 Å². The molecule has 0 amide bonds. The summed E-state index contributed by atoms with van der Waals surface area (Å²) < 4.78 is 0. The van der Waals surface area contributed by atoms with Crippen LogP contribution in [0.5, 0.6) is 0 Å². The van der Waals surface area contributed by atoms with Gasteiger partial charge in [0.2, 0.25) is 0 Å². The number of anilines is 1. The van der Waals surface area contributed by atoms with E-state index in [2.05, 4.69) is 118 Å². The van der Waals surface area contributed by atoms with E-state index in [4.69, 9.17) is 4.99 Å². The van der Waals surface area contributed by atoms with E-state index in [1.54, 1.807) is 0 Å². The lowest BCUT2D eigenvalue weighted by Crippen LogP contribution is -2.43. The number of unbranched alkanes of at least 4 members (excludes halogenated alkanes) is 1. The first kappa shape index (κ1) is 28.1. The minimum Gasteiger partial charge on any atom is -0.374 e. The summed E-state index contributed by atoms with van der Waals surface area (Å²) in [4.78, 5) is 5.43. The fraction of sp³-hybridized carbons (Fsp3) is 0.594. The predicted molar refractivity (Wildman–Crippen MR) is 154 cm³/mol. The van der Waals surface area contributed by atoms with Gasteiger partial charge in [0.15, 0.2) is 0 Å². The Bertz CT molecular complexity index is 912. The second kappa shape index (κ2) is 12.0. The number of rotatable bonds is 11. The molecule has 0 heterocycles. The first-order valence-electron chi connectivity index (χ1n) is 13.5. The Morgan fingerprint density at radius 2 is 1.18 bits per heavy atom. The molecule has 2 aromatic rings. The van der Waals surface area contributed by atoms with Crippen molar-refractivity contribution in [1.29, 1.82) is 0 Å². The molecular weight excluding hydrogens is 412 g/mol. The number of aliphatic imine (C=N–C) groups is 1. The lowest BCUT2D eigenvalue weighted by atomic mass is 9.86. The zero-order valence-corrected chi connectivity index (χ0v) is 23.8. The molecule has 2 nitrogen and oxygen atoms in total. The van der Waals surface area contributed by atoms with Gasteiger partial charge >= 0.3 is 0 Å². The molecular formula is C32H50N2. The highest BCUT2D eigenvalue weighted by Crippen LogP contribution is 2.38. The van der Waals surface area contributed by atoms with Gasteiger partial charge in [0.05, 0.1) is 11.2 Å². The van der Waals surface area contributed by atoms with E-state index < -0.39 is 0 Å². The zero-order chi connectivity index (χ0) is 25.6. The molecule has 2 rings (SSSR count). The van der Waals surface area contributed by atoms with Crippen molar-refractivity contribution in [3.63, 3.8) is 0 Å². The second-order valence-electron chi connectivity index (χ2n) is 11.5. The molecule has 1 N–H and O–H groups in total. The first-order valence-corrected chi connectivity index (χ1v) is 13.5. The Kier molecular flexibility index (Phi) is 9.97. The lowest BCUT2D eigenvalue weighted by molar-refractivity contribution is 0.566. The molecule has 0 aliphatic heterocycles. The van der Waals surface area contributed by atoms with Gasteiger partial charge in [0.25, 0.3) is 0 Å². The molecule has 34 heavy (non-hydrogen) atoms. The number of nitrogens with zero attached hydrogens (tertiary/aromatic N) is 1. The molecule has 0 aromatic heterocycles. The van der Waals surface area contributed by atoms with E-state index in [1.165, 1.54) is 52.2 Å². The standard InChI is InChI=1S/C32H50N2/c1-12-13-20-32(11,34-31-28(23(6)7)18-15-19-29(31)24(8)9)25(10)33-30-26(21(2)3)16-14-17-27(30)22(4)5/h14-19,21-24,34H,12-13,20H2,1-11H3/t32-/m1/s1. The van der Waals surface area contributed by atoms with Crippen LogP contribution in [0.15, 0.2) is 41.4 Å². The Morgan fingerprint density at radius 3 is 1.56 bits per heavy atom. The third-order valence-corrected chi connectivity index (χ3v) is 7.22. The summed E-state index contributed by atoms with van der Waals surface area (Å²) in [7, 11) is 0. The van der Waals surface area contributed by atoms with E-state index in [9.17, 15) is 0 Å². The Hall–Kier alpha value is -2.09. The van der Waals surface area contributed by atoms with Gasteiger partial charge in [0, 0.05) is 11.4 Å². The number of benzene rings is 2. The minimum absolute atomic E-state index is 0.219. The van der Waals surface area contributed by atoms with E-state index in [0.717, 1.165) is 6.42 Å². The maximum absolute atomic E-state index is 5.43. The highest BCUT2D eigenvalue weighted by molar-refractivity contribution is 5.96. The SMILES string of the molecule is CCCC[C@@](C)(Nc1c(C(C)C)cccc1C(C)C)C(C)=Nc1c(C(C)C)cccc1C(C)C. The van der Waals surface area contributed by atoms with E-state index in [1.807, 2.05) is 0 Å². The Morgan fingerprint density at radius 1 is 0.765 bits per heavy atom. The van der Waals surface area contributed by atoms with Crippen LogP contribution in [0.2, 0.25) is 0 Å². The maximum atomic E-state index is 5.43. The molecule has 0 bridgehead atoms. The van der Waals surface area contributed by atoms with Crippen LogP contribution in [-0.4, -0.2) is 11.3 Å². The third-order valence-electron chi connectivity index (χ3n) is 7.22. The predicted octanol–water partition coefficient (Wildman–Crippen LogP) is 10.3. The highest BCUT2D eigenvalue weighted by atomic mass is 15.0. The first-order chi connectivity index (χ1) is 15.9. The summed E-state index contributed by atoms with van der Waals surface area (Å²) in [6.45, 7) is 25.1. The van der Waals surface area contributed by atoms with Gasteiger partial charge in [-0.2, -0.15) is 0 Å². The van der Waals surface area contributed by atoms with Crippen molar-refractivity contribution >= 4 is 17.1 Å². The van der Waals surface area contributed by atoms with Crippen LogP contribution in [0, 0.1) is 0 Å². The summed E-state index contributed by atoms with van der Waals surface area (Å²) in [6, 6.07) is 13.5. The summed E-state index contributed by atoms with van der Waals surface area (Å²) >= 11 is 0. The average Bonchev–Trinajstić information content (AvgIpc) is 2.77. The molecule has 0 fully saturated rings. The number of hydrogen-bond donors (Lipinski definition) is 1. The smallest absolute Gasteiger partial charge is 0.0725 e. The van der Waals surface area contributed by atoms with Crippen LogP contribution in [-0.2, 0) is 0 Å². The Labute approximate surface area is 210 Å². The number of nitrogens with one attached hydrogen (secondary N) is 1. The van der Waals surface area contributed by atoms with Crippen molar-refractivity contribution < 1.29 is 0 Å². The summed E-state index contributed by atoms with van der Waals surface area (Å²) in [5.41, 5.74) is 8.91. The molecule has 0 spiro atoms. The summed E-state index contributed by atoms with van der Waals surface area (Å²) in [5, 5.41) is 4.08. The Balaban J connectivity index is 2.70. The van der Waals surface area contributed by atoms with Crippen molar-refractivity contribution in [2.75, 3.05) is 5.32 Å². The van der Waals surface area contributed by atoms with E-state index >= 15 is 0 Å². The van der Waals surface area contributed by atoms with Crippen LogP contribution in [0.4, 0.5) is 11.4 Å². The van der Waals surface area contributed by atoms with Crippen LogP contribution in [0.25, 0.3) is 0 Å². The normalized spacial score (nSPS) is 14.4. The zero-order valence-electron chi connectivity index (χ0n) is 23.8. The van der Waals surface area contributed by atoms with Crippen LogP contribution < -0.4 is 5.32 Å². The van der Waals surface area contributed by atoms with Gasteiger partial charge < -0.3 is 5.32 Å². The van der Waals surface area contributed by atoms with Gasteiger partial charge in [0.1, 0.15) is 0 Å². The lowest BCUT2D eigenvalue weighted by Gasteiger charge is -2.35. The molecule has 0 aliphatic rings. The number of para-hydroxylation sites is 2. The van der Waals surface area contributed by atoms with Crippen molar-refractivity contribution in [2.45, 2.75) is 125 Å². The third kappa shape index (κ3) is 6.52. The molecule has 0 saturated heterocycles. The van der Waals surface area contributed by atoms with Crippen LogP contribution >= 0.6 is 0 Å². The molecule has 0 saturated carbocycles. The summed E-state index contributed by atoms with van der Waals surface area (Å²) in [6.07, 6.45) is 3.40. The van der Waals surface area contributed by atoms with Crippen LogP contribution in [0.3, 0.4) is 0 Å². The minimum atomic E-state index is -0.219. The van der Waals surface area contributed by atoms with Crippen molar-refractivity contribution in [3.05, 3.63) is 58.7 Å². The molecule has 0 aliphatic carbocycles. The second-order valence-corrected chi connectivity index (χ2v) is 11.5. The quantitative estimate of drug-likeness (QED) is 0.330. The fourth-order valence-corrected chi connectivity index (χ4v) is 4.77. The molecule has 0 radical (unpaired) electrons. The van der Waals surface area contributed by atoms with Crippen molar-refractivity contribution in [1.82, 2.24) is 0 Å². The monoisotopic (exact) mass is 462 g/mol. The topological polar surface area (TPSA) is 24.4 Å².